The van der Waals surface area contributed by atoms with E-state index >= 15 is 0 Å². The molecule has 1 fully saturated rings. The predicted octanol–water partition coefficient (Wildman–Crippen LogP) is 1.30. The van der Waals surface area contributed by atoms with E-state index in [2.05, 4.69) is 31.9 Å². The minimum absolute atomic E-state index is 0.175. The zero-order valence-corrected chi connectivity index (χ0v) is 14.1. The van der Waals surface area contributed by atoms with Crippen LogP contribution in [0.3, 0.4) is 0 Å². The number of nitrogens with zero attached hydrogens (tertiary/aromatic N) is 5. The normalized spacial score (nSPS) is 15.0. The highest BCUT2D eigenvalue weighted by molar-refractivity contribution is 5.82. The van der Waals surface area contributed by atoms with Crippen LogP contribution >= 0.6 is 0 Å². The lowest BCUT2D eigenvalue weighted by atomic mass is 10.3. The van der Waals surface area contributed by atoms with Crippen LogP contribution in [-0.4, -0.2) is 69.9 Å². The quantitative estimate of drug-likeness (QED) is 0.759. The Morgan fingerprint density at radius 1 is 1.40 bits per heavy atom. The first kappa shape index (κ1) is 17.2. The van der Waals surface area contributed by atoms with Gasteiger partial charge in [-0.15, -0.1) is 11.7 Å². The lowest BCUT2D eigenvalue weighted by molar-refractivity contribution is 0.0398. The summed E-state index contributed by atoms with van der Waals surface area (Å²) in [5.74, 6) is 0.741. The zero-order valence-electron chi connectivity index (χ0n) is 14.1. The van der Waals surface area contributed by atoms with Gasteiger partial charge >= 0.3 is 0 Å². The second-order valence-corrected chi connectivity index (χ2v) is 5.68. The van der Waals surface area contributed by atoms with Crippen LogP contribution in [0.1, 0.15) is 11.2 Å². The molecule has 3 heterocycles. The number of aromatic nitrogens is 4. The third-order valence-electron chi connectivity index (χ3n) is 3.90. The average molecular weight is 342 g/mol. The van der Waals surface area contributed by atoms with Crippen molar-refractivity contribution in [3.63, 3.8) is 0 Å². The third kappa shape index (κ3) is 4.49. The van der Waals surface area contributed by atoms with Crippen LogP contribution < -0.4 is 5.32 Å². The molecule has 0 unspecified atom stereocenters. The van der Waals surface area contributed by atoms with Crippen LogP contribution in [0.25, 0.3) is 11.4 Å². The molecule has 1 aliphatic rings. The third-order valence-corrected chi connectivity index (χ3v) is 3.90. The van der Waals surface area contributed by atoms with E-state index in [-0.39, 0.29) is 12.3 Å². The van der Waals surface area contributed by atoms with Crippen molar-refractivity contribution in [3.05, 3.63) is 37.2 Å². The molecule has 0 radical (unpaired) electrons. The Morgan fingerprint density at radius 3 is 2.96 bits per heavy atom. The number of hydrogen-bond acceptors (Lipinski definition) is 7. The summed E-state index contributed by atoms with van der Waals surface area (Å²) in [6, 6.07) is 3.68. The first-order valence-corrected chi connectivity index (χ1v) is 8.33. The minimum atomic E-state index is -0.175. The van der Waals surface area contributed by atoms with Gasteiger partial charge in [0.05, 0.1) is 13.2 Å². The van der Waals surface area contributed by atoms with Gasteiger partial charge in [-0.1, -0.05) is 6.08 Å². The first-order chi connectivity index (χ1) is 12.3. The molecule has 8 heteroatoms. The van der Waals surface area contributed by atoms with E-state index < -0.39 is 0 Å². The number of carbonyl (C=O) groups is 1. The summed E-state index contributed by atoms with van der Waals surface area (Å²) in [6.07, 6.45) is 5.12. The van der Waals surface area contributed by atoms with E-state index in [4.69, 9.17) is 4.74 Å². The second kappa shape index (κ2) is 8.50. The molecule has 0 bridgehead atoms. The molecule has 0 aliphatic carbocycles. The number of anilines is 1. The summed E-state index contributed by atoms with van der Waals surface area (Å²) in [5.41, 5.74) is 0.767. The minimum Gasteiger partial charge on any atom is -0.379 e. The maximum Gasteiger partial charge on any atom is 0.253 e. The van der Waals surface area contributed by atoms with Gasteiger partial charge in [0.2, 0.25) is 5.95 Å². The van der Waals surface area contributed by atoms with E-state index in [1.54, 1.807) is 18.5 Å². The SMILES string of the molecule is C=CCC(=O)n1nc(-c2cccnc2)nc1NCCN1CCOCC1. The van der Waals surface area contributed by atoms with Crippen molar-refractivity contribution in [2.75, 3.05) is 44.7 Å². The molecule has 1 N–H and O–H groups in total. The standard InChI is InChI=1S/C17H22N6O2/c1-2-4-15(24)23-17(19-7-8-22-9-11-25-12-10-22)20-16(21-23)14-5-3-6-18-13-14/h2-3,5-6,13H,1,4,7-12H2,(H,19,20,21). The number of allylic oxidation sites excluding steroid dienone is 1. The maximum absolute atomic E-state index is 12.3. The van der Waals surface area contributed by atoms with Crippen molar-refractivity contribution in [2.24, 2.45) is 0 Å². The van der Waals surface area contributed by atoms with Gasteiger partial charge in [0.25, 0.3) is 5.91 Å². The Hall–Kier alpha value is -2.58. The second-order valence-electron chi connectivity index (χ2n) is 5.68. The van der Waals surface area contributed by atoms with E-state index in [0.717, 1.165) is 38.4 Å². The molecule has 0 saturated carbocycles. The molecule has 2 aromatic rings. The van der Waals surface area contributed by atoms with Crippen molar-refractivity contribution in [1.82, 2.24) is 24.6 Å². The van der Waals surface area contributed by atoms with E-state index in [9.17, 15) is 4.79 Å². The molecule has 132 valence electrons. The number of nitrogens with one attached hydrogen (secondary N) is 1. The fourth-order valence-electron chi connectivity index (χ4n) is 2.58. The Morgan fingerprint density at radius 2 is 2.24 bits per heavy atom. The smallest absolute Gasteiger partial charge is 0.253 e. The van der Waals surface area contributed by atoms with Crippen molar-refractivity contribution in [1.29, 1.82) is 0 Å². The van der Waals surface area contributed by atoms with E-state index in [1.807, 2.05) is 12.1 Å². The summed E-state index contributed by atoms with van der Waals surface area (Å²) in [4.78, 5) is 23.1. The Kier molecular flexibility index (Phi) is 5.86. The number of morpholine rings is 1. The molecule has 3 rings (SSSR count). The number of pyridine rings is 1. The van der Waals surface area contributed by atoms with Crippen LogP contribution in [0.5, 0.6) is 0 Å². The summed E-state index contributed by atoms with van der Waals surface area (Å²) in [7, 11) is 0. The first-order valence-electron chi connectivity index (χ1n) is 8.33. The van der Waals surface area contributed by atoms with Crippen molar-refractivity contribution in [2.45, 2.75) is 6.42 Å². The average Bonchev–Trinajstić information content (AvgIpc) is 3.08. The zero-order chi connectivity index (χ0) is 17.5. The summed E-state index contributed by atoms with van der Waals surface area (Å²) < 4.78 is 6.65. The fourth-order valence-corrected chi connectivity index (χ4v) is 2.58. The summed E-state index contributed by atoms with van der Waals surface area (Å²) in [6.45, 7) is 8.51. The van der Waals surface area contributed by atoms with Crippen molar-refractivity contribution >= 4 is 11.9 Å². The van der Waals surface area contributed by atoms with Crippen molar-refractivity contribution < 1.29 is 9.53 Å². The molecule has 1 saturated heterocycles. The predicted molar refractivity (Wildman–Crippen MR) is 94.4 cm³/mol. The van der Waals surface area contributed by atoms with Gasteiger partial charge in [0.15, 0.2) is 5.82 Å². The lowest BCUT2D eigenvalue weighted by Gasteiger charge is -2.26. The monoisotopic (exact) mass is 342 g/mol. The van der Waals surface area contributed by atoms with Gasteiger partial charge < -0.3 is 10.1 Å². The Bertz CT molecular complexity index is 709. The van der Waals surface area contributed by atoms with E-state index in [0.29, 0.717) is 18.3 Å². The van der Waals surface area contributed by atoms with Crippen LogP contribution in [0.2, 0.25) is 0 Å². The molecule has 0 aromatic carbocycles. The van der Waals surface area contributed by atoms with E-state index in [1.165, 1.54) is 4.68 Å². The molecular weight excluding hydrogens is 320 g/mol. The molecule has 1 aliphatic heterocycles. The van der Waals surface area contributed by atoms with Crippen LogP contribution in [0.4, 0.5) is 5.95 Å². The summed E-state index contributed by atoms with van der Waals surface area (Å²) in [5, 5.41) is 7.56. The molecule has 0 amide bonds. The molecular formula is C17H22N6O2. The van der Waals surface area contributed by atoms with Gasteiger partial charge in [0, 0.05) is 50.6 Å². The van der Waals surface area contributed by atoms with Crippen LogP contribution in [-0.2, 0) is 4.74 Å². The Balaban J connectivity index is 1.72. The highest BCUT2D eigenvalue weighted by atomic mass is 16.5. The number of ether oxygens (including phenoxy) is 1. The maximum atomic E-state index is 12.3. The molecule has 0 atom stereocenters. The fraction of sp³-hybridized carbons (Fsp3) is 0.412. The Labute approximate surface area is 146 Å². The topological polar surface area (TPSA) is 85.2 Å². The van der Waals surface area contributed by atoms with Gasteiger partial charge in [-0.2, -0.15) is 9.67 Å². The van der Waals surface area contributed by atoms with Gasteiger partial charge in [0.1, 0.15) is 0 Å². The van der Waals surface area contributed by atoms with Gasteiger partial charge in [-0.3, -0.25) is 14.7 Å². The molecule has 2 aromatic heterocycles. The number of hydrogen-bond donors (Lipinski definition) is 1. The number of carbonyl (C=O) groups excluding carboxylic acids is 1. The van der Waals surface area contributed by atoms with Crippen LogP contribution in [0.15, 0.2) is 37.2 Å². The van der Waals surface area contributed by atoms with Crippen molar-refractivity contribution in [3.8, 4) is 11.4 Å². The summed E-state index contributed by atoms with van der Waals surface area (Å²) >= 11 is 0. The largest absolute Gasteiger partial charge is 0.379 e. The molecule has 25 heavy (non-hydrogen) atoms. The highest BCUT2D eigenvalue weighted by Crippen LogP contribution is 2.17. The molecule has 0 spiro atoms. The molecule has 8 nitrogen and oxygen atoms in total. The van der Waals surface area contributed by atoms with Gasteiger partial charge in [-0.25, -0.2) is 0 Å². The van der Waals surface area contributed by atoms with Gasteiger partial charge in [-0.05, 0) is 12.1 Å². The lowest BCUT2D eigenvalue weighted by Crippen LogP contribution is -2.39. The highest BCUT2D eigenvalue weighted by Gasteiger charge is 2.17. The number of rotatable bonds is 7. The van der Waals surface area contributed by atoms with Crippen LogP contribution in [0, 0.1) is 0 Å².